The Morgan fingerprint density at radius 2 is 1.55 bits per heavy atom. The first-order valence-electron chi connectivity index (χ1n) is 11.8. The Kier molecular flexibility index (Phi) is 9.22. The Balaban J connectivity index is 1.82. The quantitative estimate of drug-likeness (QED) is 0.422. The van der Waals surface area contributed by atoms with Crippen LogP contribution in [0, 0.1) is 22.7 Å². The molecule has 1 saturated carbocycles. The highest BCUT2D eigenvalue weighted by Gasteiger charge is 2.31. The lowest BCUT2D eigenvalue weighted by Gasteiger charge is -2.37. The molecule has 2 heteroatoms. The highest BCUT2D eigenvalue weighted by molar-refractivity contribution is 5.13. The van der Waals surface area contributed by atoms with Crippen LogP contribution in [0.3, 0.4) is 0 Å². The van der Waals surface area contributed by atoms with Crippen molar-refractivity contribution in [3.8, 4) is 0 Å². The van der Waals surface area contributed by atoms with Gasteiger partial charge < -0.3 is 9.47 Å². The van der Waals surface area contributed by atoms with E-state index in [1.165, 1.54) is 44.1 Å². The summed E-state index contributed by atoms with van der Waals surface area (Å²) in [5, 5.41) is 0. The van der Waals surface area contributed by atoms with Crippen molar-refractivity contribution in [2.75, 3.05) is 6.61 Å². The number of hydrogen-bond donors (Lipinski definition) is 0. The van der Waals surface area contributed by atoms with Crippen LogP contribution in [0.2, 0.25) is 0 Å². The second-order valence-electron chi connectivity index (χ2n) is 11.5. The summed E-state index contributed by atoms with van der Waals surface area (Å²) in [5.74, 6) is 1.60. The maximum atomic E-state index is 6.46. The number of rotatable bonds is 9. The van der Waals surface area contributed by atoms with Crippen LogP contribution in [-0.4, -0.2) is 18.8 Å². The molecule has 0 aliphatic heterocycles. The van der Waals surface area contributed by atoms with E-state index < -0.39 is 0 Å². The maximum Gasteiger partial charge on any atom is 0.0720 e. The summed E-state index contributed by atoms with van der Waals surface area (Å²) in [6.45, 7) is 17.6. The first kappa shape index (κ1) is 24.4. The van der Waals surface area contributed by atoms with Gasteiger partial charge >= 0.3 is 0 Å². The summed E-state index contributed by atoms with van der Waals surface area (Å²) >= 11 is 0. The van der Waals surface area contributed by atoms with Crippen molar-refractivity contribution in [3.63, 3.8) is 0 Å². The van der Waals surface area contributed by atoms with Crippen molar-refractivity contribution in [2.24, 2.45) is 22.7 Å². The van der Waals surface area contributed by atoms with Gasteiger partial charge in [0, 0.05) is 6.61 Å². The Morgan fingerprint density at radius 1 is 0.897 bits per heavy atom. The van der Waals surface area contributed by atoms with Gasteiger partial charge in [-0.2, -0.15) is 0 Å². The minimum absolute atomic E-state index is 0.174. The van der Waals surface area contributed by atoms with E-state index in [0.717, 1.165) is 25.0 Å². The number of benzene rings is 1. The summed E-state index contributed by atoms with van der Waals surface area (Å²) in [6, 6.07) is 10.6. The molecule has 2 rings (SSSR count). The number of ether oxygens (including phenoxy) is 2. The molecule has 1 aliphatic rings. The van der Waals surface area contributed by atoms with Gasteiger partial charge in [0.25, 0.3) is 0 Å². The standard InChI is InChI=1S/C27H46O2/c1-21(26(2,3)4)28-17-16-22-14-11-15-24(18-22)19-25(27(5,6)7)29-20-23-12-9-8-10-13-23/h8-10,12-13,21-22,24-25H,11,14-20H2,1-7H3. The molecule has 0 aromatic heterocycles. The SMILES string of the molecule is CC(OCCC1CCCC(CC(OCc2ccccc2)C(C)(C)C)C1)C(C)(C)C. The van der Waals surface area contributed by atoms with Crippen LogP contribution in [0.1, 0.15) is 92.6 Å². The Bertz CT molecular complexity index is 566. The third kappa shape index (κ3) is 8.80. The minimum atomic E-state index is 0.174. The molecule has 0 N–H and O–H groups in total. The maximum absolute atomic E-state index is 6.46. The summed E-state index contributed by atoms with van der Waals surface area (Å²) < 4.78 is 12.6. The monoisotopic (exact) mass is 402 g/mol. The Hall–Kier alpha value is -0.860. The van der Waals surface area contributed by atoms with Crippen molar-refractivity contribution < 1.29 is 9.47 Å². The molecule has 0 spiro atoms. The molecule has 0 saturated heterocycles. The second kappa shape index (κ2) is 11.0. The van der Waals surface area contributed by atoms with Gasteiger partial charge in [0.05, 0.1) is 18.8 Å². The molecule has 1 aromatic carbocycles. The van der Waals surface area contributed by atoms with Crippen LogP contribution in [0.15, 0.2) is 30.3 Å². The lowest BCUT2D eigenvalue weighted by molar-refractivity contribution is -0.0480. The normalized spacial score (nSPS) is 23.0. The van der Waals surface area contributed by atoms with Crippen LogP contribution in [0.25, 0.3) is 0 Å². The third-order valence-electron chi connectivity index (χ3n) is 6.81. The largest absolute Gasteiger partial charge is 0.378 e. The highest BCUT2D eigenvalue weighted by atomic mass is 16.5. The zero-order valence-electron chi connectivity index (χ0n) is 20.2. The molecule has 1 aromatic rings. The molecular formula is C27H46O2. The molecule has 0 amide bonds. The van der Waals surface area contributed by atoms with E-state index in [2.05, 4.69) is 78.8 Å². The fraction of sp³-hybridized carbons (Fsp3) is 0.778. The molecule has 1 aliphatic carbocycles. The molecule has 4 unspecified atom stereocenters. The zero-order valence-corrected chi connectivity index (χ0v) is 20.2. The van der Waals surface area contributed by atoms with Crippen molar-refractivity contribution >= 4 is 0 Å². The van der Waals surface area contributed by atoms with Crippen LogP contribution in [-0.2, 0) is 16.1 Å². The molecule has 0 radical (unpaired) electrons. The van der Waals surface area contributed by atoms with Gasteiger partial charge in [0.15, 0.2) is 0 Å². The van der Waals surface area contributed by atoms with Gasteiger partial charge in [-0.3, -0.25) is 0 Å². The smallest absolute Gasteiger partial charge is 0.0720 e. The molecule has 1 fully saturated rings. The van der Waals surface area contributed by atoms with Gasteiger partial charge in [-0.15, -0.1) is 0 Å². The van der Waals surface area contributed by atoms with Gasteiger partial charge in [-0.25, -0.2) is 0 Å². The van der Waals surface area contributed by atoms with E-state index in [1.807, 2.05) is 0 Å². The van der Waals surface area contributed by atoms with Gasteiger partial charge in [-0.05, 0) is 54.4 Å². The van der Waals surface area contributed by atoms with Crippen molar-refractivity contribution in [1.29, 1.82) is 0 Å². The van der Waals surface area contributed by atoms with E-state index in [1.54, 1.807) is 0 Å². The molecule has 29 heavy (non-hydrogen) atoms. The average molecular weight is 403 g/mol. The zero-order chi connectivity index (χ0) is 21.5. The minimum Gasteiger partial charge on any atom is -0.378 e. The van der Waals surface area contributed by atoms with Crippen molar-refractivity contribution in [2.45, 2.75) is 106 Å². The first-order valence-corrected chi connectivity index (χ1v) is 11.8. The molecule has 0 heterocycles. The molecule has 4 atom stereocenters. The first-order chi connectivity index (χ1) is 13.6. The highest BCUT2D eigenvalue weighted by Crippen LogP contribution is 2.38. The Morgan fingerprint density at radius 3 is 2.17 bits per heavy atom. The predicted molar refractivity (Wildman–Crippen MR) is 124 cm³/mol. The van der Waals surface area contributed by atoms with Crippen LogP contribution in [0.4, 0.5) is 0 Å². The van der Waals surface area contributed by atoms with E-state index in [4.69, 9.17) is 9.47 Å². The average Bonchev–Trinajstić information content (AvgIpc) is 2.64. The lowest BCUT2D eigenvalue weighted by Crippen LogP contribution is -2.33. The second-order valence-corrected chi connectivity index (χ2v) is 11.5. The van der Waals surface area contributed by atoms with Crippen molar-refractivity contribution in [3.05, 3.63) is 35.9 Å². The summed E-state index contributed by atoms with van der Waals surface area (Å²) in [7, 11) is 0. The molecule has 166 valence electrons. The van der Waals surface area contributed by atoms with Crippen LogP contribution in [0.5, 0.6) is 0 Å². The lowest BCUT2D eigenvalue weighted by atomic mass is 9.74. The molecular weight excluding hydrogens is 356 g/mol. The fourth-order valence-corrected chi connectivity index (χ4v) is 4.29. The summed E-state index contributed by atoms with van der Waals surface area (Å²) in [5.41, 5.74) is 1.67. The van der Waals surface area contributed by atoms with Crippen LogP contribution >= 0.6 is 0 Å². The van der Waals surface area contributed by atoms with Crippen molar-refractivity contribution in [1.82, 2.24) is 0 Å². The summed E-state index contributed by atoms with van der Waals surface area (Å²) in [6.07, 6.45) is 8.45. The fourth-order valence-electron chi connectivity index (χ4n) is 4.29. The Labute approximate surface area is 180 Å². The van der Waals surface area contributed by atoms with Crippen LogP contribution < -0.4 is 0 Å². The van der Waals surface area contributed by atoms with Gasteiger partial charge in [0.1, 0.15) is 0 Å². The topological polar surface area (TPSA) is 18.5 Å². The van der Waals surface area contributed by atoms with Gasteiger partial charge in [-0.1, -0.05) is 91.1 Å². The predicted octanol–water partition coefficient (Wildman–Crippen LogP) is 7.66. The van der Waals surface area contributed by atoms with E-state index in [9.17, 15) is 0 Å². The third-order valence-corrected chi connectivity index (χ3v) is 6.81. The van der Waals surface area contributed by atoms with E-state index in [0.29, 0.717) is 12.2 Å². The van der Waals surface area contributed by atoms with Gasteiger partial charge in [0.2, 0.25) is 0 Å². The molecule has 2 nitrogen and oxygen atoms in total. The number of hydrogen-bond acceptors (Lipinski definition) is 2. The van der Waals surface area contributed by atoms with E-state index >= 15 is 0 Å². The molecule has 0 bridgehead atoms. The van der Waals surface area contributed by atoms with E-state index in [-0.39, 0.29) is 10.8 Å². The summed E-state index contributed by atoms with van der Waals surface area (Å²) in [4.78, 5) is 0.